The van der Waals surface area contributed by atoms with E-state index in [-0.39, 0.29) is 12.4 Å². The van der Waals surface area contributed by atoms with Crippen LogP contribution in [0.15, 0.2) is 63.8 Å². The van der Waals surface area contributed by atoms with Crippen molar-refractivity contribution in [3.63, 3.8) is 0 Å². The summed E-state index contributed by atoms with van der Waals surface area (Å²) in [4.78, 5) is 30.2. The highest BCUT2D eigenvalue weighted by Gasteiger charge is 2.51. The van der Waals surface area contributed by atoms with Gasteiger partial charge >= 0.3 is 6.03 Å². The lowest BCUT2D eigenvalue weighted by Crippen LogP contribution is -2.40. The molecule has 3 amide bonds. The molecule has 7 nitrogen and oxygen atoms in total. The molecule has 1 fully saturated rings. The van der Waals surface area contributed by atoms with Gasteiger partial charge in [0.25, 0.3) is 5.91 Å². The summed E-state index contributed by atoms with van der Waals surface area (Å²) in [6.45, 7) is 1.56. The second-order valence-electron chi connectivity index (χ2n) is 5.91. The normalized spacial score (nSPS) is 20.1. The van der Waals surface area contributed by atoms with E-state index in [0.717, 1.165) is 10.5 Å². The van der Waals surface area contributed by atoms with Gasteiger partial charge in [-0.25, -0.2) is 9.78 Å². The Morgan fingerprint density at radius 3 is 2.68 bits per heavy atom. The molecule has 1 N–H and O–H groups in total. The van der Waals surface area contributed by atoms with Crippen molar-refractivity contribution in [3.8, 4) is 11.3 Å². The van der Waals surface area contributed by atoms with Crippen LogP contribution >= 0.6 is 0 Å². The number of furan rings is 1. The van der Waals surface area contributed by atoms with Gasteiger partial charge in [-0.3, -0.25) is 9.69 Å². The predicted octanol–water partition coefficient (Wildman–Crippen LogP) is 2.90. The van der Waals surface area contributed by atoms with Crippen molar-refractivity contribution in [3.05, 3.63) is 66.6 Å². The van der Waals surface area contributed by atoms with E-state index in [0.29, 0.717) is 11.5 Å². The molecule has 1 atom stereocenters. The van der Waals surface area contributed by atoms with E-state index in [1.54, 1.807) is 25.3 Å². The summed E-state index contributed by atoms with van der Waals surface area (Å²) in [5.74, 6) is 0.833. The van der Waals surface area contributed by atoms with Crippen molar-refractivity contribution in [2.24, 2.45) is 0 Å². The number of rotatable bonds is 4. The minimum Gasteiger partial charge on any atom is -0.466 e. The Bertz CT molecular complexity index is 917. The Balaban J connectivity index is 1.56. The summed E-state index contributed by atoms with van der Waals surface area (Å²) >= 11 is 0. The zero-order chi connectivity index (χ0) is 17.4. The highest BCUT2D eigenvalue weighted by Crippen LogP contribution is 2.30. The molecule has 3 aromatic rings. The van der Waals surface area contributed by atoms with Gasteiger partial charge in [0, 0.05) is 5.56 Å². The fraction of sp³-hybridized carbons (Fsp3) is 0.167. The lowest BCUT2D eigenvalue weighted by atomic mass is 9.99. The van der Waals surface area contributed by atoms with Crippen LogP contribution in [0, 0.1) is 0 Å². The molecule has 7 heteroatoms. The molecule has 0 saturated carbocycles. The highest BCUT2D eigenvalue weighted by atomic mass is 16.4. The minimum atomic E-state index is -1.23. The van der Waals surface area contributed by atoms with Crippen LogP contribution in [0.3, 0.4) is 0 Å². The maximum Gasteiger partial charge on any atom is 0.325 e. The molecule has 2 aromatic heterocycles. The predicted molar refractivity (Wildman–Crippen MR) is 87.1 cm³/mol. The van der Waals surface area contributed by atoms with E-state index in [1.165, 1.54) is 6.26 Å². The van der Waals surface area contributed by atoms with Gasteiger partial charge in [0.2, 0.25) is 5.89 Å². The minimum absolute atomic E-state index is 0.0478. The average Bonchev–Trinajstić information content (AvgIpc) is 3.34. The van der Waals surface area contributed by atoms with E-state index in [1.807, 2.05) is 30.3 Å². The molecule has 0 spiro atoms. The van der Waals surface area contributed by atoms with Gasteiger partial charge in [-0.05, 0) is 19.1 Å². The van der Waals surface area contributed by atoms with Crippen LogP contribution in [0.2, 0.25) is 0 Å². The number of carbonyl (C=O) groups excluding carboxylic acids is 2. The molecular formula is C18H15N3O4. The average molecular weight is 337 g/mol. The topological polar surface area (TPSA) is 88.6 Å². The summed E-state index contributed by atoms with van der Waals surface area (Å²) in [5, 5.41) is 2.67. The molecule has 3 heterocycles. The molecule has 1 saturated heterocycles. The Hall–Kier alpha value is -3.35. The molecule has 0 aliphatic carbocycles. The van der Waals surface area contributed by atoms with Crippen LogP contribution in [0.5, 0.6) is 0 Å². The third kappa shape index (κ3) is 2.50. The molecule has 1 unspecified atom stereocenters. The van der Waals surface area contributed by atoms with E-state index in [2.05, 4.69) is 10.3 Å². The third-order valence-electron chi connectivity index (χ3n) is 4.19. The Kier molecular flexibility index (Phi) is 3.42. The van der Waals surface area contributed by atoms with E-state index < -0.39 is 17.5 Å². The first kappa shape index (κ1) is 15.2. The van der Waals surface area contributed by atoms with Gasteiger partial charge in [0.15, 0.2) is 11.3 Å². The van der Waals surface area contributed by atoms with Crippen molar-refractivity contribution in [1.29, 1.82) is 0 Å². The smallest absolute Gasteiger partial charge is 0.325 e. The van der Waals surface area contributed by atoms with Gasteiger partial charge < -0.3 is 14.2 Å². The zero-order valence-corrected chi connectivity index (χ0v) is 13.4. The molecule has 0 radical (unpaired) electrons. The highest BCUT2D eigenvalue weighted by molar-refractivity contribution is 6.06. The summed E-state index contributed by atoms with van der Waals surface area (Å²) in [7, 11) is 0. The van der Waals surface area contributed by atoms with Gasteiger partial charge in [0.05, 0.1) is 12.5 Å². The number of nitrogens with zero attached hydrogens (tertiary/aromatic N) is 2. The lowest BCUT2D eigenvalue weighted by Gasteiger charge is -2.18. The maximum atomic E-state index is 12.7. The number of urea groups is 1. The van der Waals surface area contributed by atoms with E-state index in [9.17, 15) is 9.59 Å². The molecule has 1 aromatic carbocycles. The fourth-order valence-electron chi connectivity index (χ4n) is 2.83. The van der Waals surface area contributed by atoms with Crippen LogP contribution in [-0.4, -0.2) is 21.8 Å². The Morgan fingerprint density at radius 1 is 1.16 bits per heavy atom. The van der Waals surface area contributed by atoms with Gasteiger partial charge in [-0.1, -0.05) is 30.3 Å². The molecule has 4 rings (SSSR count). The second-order valence-corrected chi connectivity index (χ2v) is 5.91. The zero-order valence-electron chi connectivity index (χ0n) is 13.4. The number of aromatic nitrogens is 1. The Morgan fingerprint density at radius 2 is 1.96 bits per heavy atom. The van der Waals surface area contributed by atoms with Gasteiger partial charge in [-0.15, -0.1) is 0 Å². The number of carbonyl (C=O) groups is 2. The first-order chi connectivity index (χ1) is 12.1. The van der Waals surface area contributed by atoms with Gasteiger partial charge in [0.1, 0.15) is 12.3 Å². The summed E-state index contributed by atoms with van der Waals surface area (Å²) in [5.41, 5.74) is -0.353. The number of imide groups is 1. The second kappa shape index (κ2) is 5.62. The van der Waals surface area contributed by atoms with Crippen molar-refractivity contribution in [1.82, 2.24) is 15.2 Å². The van der Waals surface area contributed by atoms with Gasteiger partial charge in [-0.2, -0.15) is 0 Å². The molecule has 25 heavy (non-hydrogen) atoms. The number of nitrogens with one attached hydrogen (secondary N) is 1. The number of amides is 3. The van der Waals surface area contributed by atoms with Crippen molar-refractivity contribution >= 4 is 11.9 Å². The molecular weight excluding hydrogens is 322 g/mol. The van der Waals surface area contributed by atoms with Crippen molar-refractivity contribution < 1.29 is 18.4 Å². The summed E-state index contributed by atoms with van der Waals surface area (Å²) in [6.07, 6.45) is 3.04. The first-order valence-electron chi connectivity index (χ1n) is 7.76. The fourth-order valence-corrected chi connectivity index (χ4v) is 2.83. The molecule has 126 valence electrons. The molecule has 1 aliphatic heterocycles. The van der Waals surface area contributed by atoms with Crippen LogP contribution in [-0.2, 0) is 16.9 Å². The maximum absolute atomic E-state index is 12.7. The van der Waals surface area contributed by atoms with Crippen LogP contribution in [0.1, 0.15) is 18.6 Å². The monoisotopic (exact) mass is 337 g/mol. The molecule has 0 bridgehead atoms. The van der Waals surface area contributed by atoms with Crippen LogP contribution in [0.25, 0.3) is 11.3 Å². The summed E-state index contributed by atoms with van der Waals surface area (Å²) < 4.78 is 11.0. The third-order valence-corrected chi connectivity index (χ3v) is 4.19. The van der Waals surface area contributed by atoms with Crippen molar-refractivity contribution in [2.45, 2.75) is 19.0 Å². The number of benzene rings is 1. The standard InChI is InChI=1S/C18H15N3O4/c1-18(14-8-5-9-24-14)16(22)21(17(23)20-18)11-15-19-10-13(25-15)12-6-3-2-4-7-12/h2-10H,11H2,1H3,(H,20,23). The SMILES string of the molecule is CC1(c2ccco2)NC(=O)N(Cc2ncc(-c3ccccc3)o2)C1=O. The first-order valence-corrected chi connectivity index (χ1v) is 7.76. The van der Waals surface area contributed by atoms with E-state index >= 15 is 0 Å². The van der Waals surface area contributed by atoms with E-state index in [4.69, 9.17) is 8.83 Å². The number of hydrogen-bond acceptors (Lipinski definition) is 5. The molecule has 1 aliphatic rings. The van der Waals surface area contributed by atoms with Crippen LogP contribution < -0.4 is 5.32 Å². The number of oxazole rings is 1. The summed E-state index contributed by atoms with van der Waals surface area (Å²) in [6, 6.07) is 12.3. The largest absolute Gasteiger partial charge is 0.466 e. The quantitative estimate of drug-likeness (QED) is 0.740. The lowest BCUT2D eigenvalue weighted by molar-refractivity contribution is -0.132. The Labute approximate surface area is 143 Å². The van der Waals surface area contributed by atoms with Crippen molar-refractivity contribution in [2.75, 3.05) is 0 Å². The number of hydrogen-bond donors (Lipinski definition) is 1. The van der Waals surface area contributed by atoms with Crippen LogP contribution in [0.4, 0.5) is 4.79 Å².